The highest BCUT2D eigenvalue weighted by Gasteiger charge is 2.38. The number of alkyl halides is 6. The summed E-state index contributed by atoms with van der Waals surface area (Å²) in [6, 6.07) is 10.4. The summed E-state index contributed by atoms with van der Waals surface area (Å²) < 4.78 is 115. The fourth-order valence-electron chi connectivity index (χ4n) is 3.70. The first-order chi connectivity index (χ1) is 17.1. The average Bonchev–Trinajstić information content (AvgIpc) is 3.42. The van der Waals surface area contributed by atoms with Gasteiger partial charge in [0.1, 0.15) is 21.3 Å². The molecule has 0 saturated carbocycles. The third kappa shape index (κ3) is 6.67. The number of benzene rings is 2. The van der Waals surface area contributed by atoms with E-state index in [0.29, 0.717) is 30.0 Å². The van der Waals surface area contributed by atoms with Crippen LogP contribution in [-0.2, 0) is 16.2 Å². The van der Waals surface area contributed by atoms with Crippen molar-refractivity contribution >= 4 is 27.0 Å². The van der Waals surface area contributed by atoms with Gasteiger partial charge in [-0.15, -0.1) is 24.5 Å². The van der Waals surface area contributed by atoms with Crippen LogP contribution in [0.4, 0.5) is 32.0 Å². The summed E-state index contributed by atoms with van der Waals surface area (Å²) in [5.41, 5.74) is -1.59. The molecule has 0 bridgehead atoms. The summed E-state index contributed by atoms with van der Waals surface area (Å²) in [6.45, 7) is 2.57. The van der Waals surface area contributed by atoms with Gasteiger partial charge in [-0.1, -0.05) is 0 Å². The summed E-state index contributed by atoms with van der Waals surface area (Å²) in [5.74, 6) is -0.920. The highest BCUT2D eigenvalue weighted by Crippen LogP contribution is 2.40. The number of nitrogens with one attached hydrogen (secondary N) is 2. The van der Waals surface area contributed by atoms with E-state index in [1.165, 1.54) is 24.3 Å². The molecular formula is C23H20F6N2O4S2. The smallest absolute Gasteiger partial charge is 0.485 e. The predicted molar refractivity (Wildman–Crippen MR) is 125 cm³/mol. The van der Waals surface area contributed by atoms with Crippen LogP contribution in [0.2, 0.25) is 0 Å². The second-order valence-corrected chi connectivity index (χ2v) is 11.5. The van der Waals surface area contributed by atoms with Gasteiger partial charge in [-0.05, 0) is 67.6 Å². The van der Waals surface area contributed by atoms with Gasteiger partial charge in [-0.2, -0.15) is 13.2 Å². The number of thiophene rings is 1. The van der Waals surface area contributed by atoms with Crippen molar-refractivity contribution in [3.05, 3.63) is 60.2 Å². The van der Waals surface area contributed by atoms with E-state index < -0.39 is 45.2 Å². The molecule has 1 aliphatic rings. The van der Waals surface area contributed by atoms with E-state index in [-0.39, 0.29) is 9.90 Å². The number of rotatable bonds is 7. The van der Waals surface area contributed by atoms with Gasteiger partial charge < -0.3 is 14.8 Å². The molecule has 2 heterocycles. The topological polar surface area (TPSA) is 76.7 Å². The fourth-order valence-corrected chi connectivity index (χ4v) is 6.06. The maximum absolute atomic E-state index is 13.6. The normalized spacial score (nSPS) is 18.6. The van der Waals surface area contributed by atoms with Crippen molar-refractivity contribution in [2.24, 2.45) is 0 Å². The van der Waals surface area contributed by atoms with Gasteiger partial charge in [0, 0.05) is 23.9 Å². The number of hydrogen-bond acceptors (Lipinski definition) is 6. The standard InChI is InChI=1S/C23H20F6N2O4S2/c1-21(10-11-30-13-21)35-18-12-15(4-7-17(18)22(24,25)26)31-37(32,33)20-9-8-19(36-20)14-2-5-16(6-3-14)34-23(27,28)29/h2-9,12,30-31H,10-11,13H2,1H3/t21-/m1/s1. The average molecular weight is 567 g/mol. The maximum Gasteiger partial charge on any atom is 0.573 e. The lowest BCUT2D eigenvalue weighted by molar-refractivity contribution is -0.274. The Morgan fingerprint density at radius 2 is 1.70 bits per heavy atom. The summed E-state index contributed by atoms with van der Waals surface area (Å²) >= 11 is 0.835. The molecule has 0 amide bonds. The summed E-state index contributed by atoms with van der Waals surface area (Å²) in [6.07, 6.45) is -9.08. The minimum atomic E-state index is -4.84. The molecule has 3 aromatic rings. The molecule has 1 saturated heterocycles. The Morgan fingerprint density at radius 3 is 2.30 bits per heavy atom. The van der Waals surface area contributed by atoms with Crippen molar-refractivity contribution in [1.82, 2.24) is 5.32 Å². The monoisotopic (exact) mass is 566 g/mol. The van der Waals surface area contributed by atoms with Gasteiger partial charge in [0.25, 0.3) is 10.0 Å². The Kier molecular flexibility index (Phi) is 7.12. The second-order valence-electron chi connectivity index (χ2n) is 8.48. The van der Waals surface area contributed by atoms with Crippen LogP contribution in [0.25, 0.3) is 10.4 Å². The zero-order valence-corrected chi connectivity index (χ0v) is 20.7. The van der Waals surface area contributed by atoms with Gasteiger partial charge in [-0.25, -0.2) is 8.42 Å². The SMILES string of the molecule is C[C@@]1(Oc2cc(NS(=O)(=O)c3ccc(-c4ccc(OC(F)(F)F)cc4)s3)ccc2C(F)(F)F)CCNC1. The molecule has 37 heavy (non-hydrogen) atoms. The zero-order chi connectivity index (χ0) is 27.1. The van der Waals surface area contributed by atoms with Crippen LogP contribution in [0.3, 0.4) is 0 Å². The molecule has 1 atom stereocenters. The van der Waals surface area contributed by atoms with Gasteiger partial charge in [0.15, 0.2) is 0 Å². The first kappa shape index (κ1) is 27.1. The van der Waals surface area contributed by atoms with Crippen molar-refractivity contribution in [3.8, 4) is 21.9 Å². The highest BCUT2D eigenvalue weighted by molar-refractivity contribution is 7.94. The third-order valence-electron chi connectivity index (χ3n) is 5.44. The molecule has 2 N–H and O–H groups in total. The number of ether oxygens (including phenoxy) is 2. The van der Waals surface area contributed by atoms with E-state index in [0.717, 1.165) is 41.7 Å². The van der Waals surface area contributed by atoms with Crippen LogP contribution >= 0.6 is 11.3 Å². The van der Waals surface area contributed by atoms with Crippen LogP contribution in [0.15, 0.2) is 58.8 Å². The number of sulfonamides is 1. The Balaban J connectivity index is 1.56. The van der Waals surface area contributed by atoms with Crippen LogP contribution < -0.4 is 19.5 Å². The van der Waals surface area contributed by atoms with Gasteiger partial charge in [0.05, 0.1) is 11.3 Å². The number of anilines is 1. The number of hydrogen-bond donors (Lipinski definition) is 2. The third-order valence-corrected chi connectivity index (χ3v) is 8.45. The summed E-state index contributed by atoms with van der Waals surface area (Å²) in [5, 5.41) is 3.02. The molecule has 0 radical (unpaired) electrons. The van der Waals surface area contributed by atoms with Crippen LogP contribution in [0.1, 0.15) is 18.9 Å². The maximum atomic E-state index is 13.6. The van der Waals surface area contributed by atoms with Crippen molar-refractivity contribution in [1.29, 1.82) is 0 Å². The Morgan fingerprint density at radius 1 is 1.00 bits per heavy atom. The van der Waals surface area contributed by atoms with Crippen molar-refractivity contribution in [3.63, 3.8) is 0 Å². The Bertz CT molecular complexity index is 1360. The van der Waals surface area contributed by atoms with Crippen molar-refractivity contribution < 1.29 is 44.2 Å². The van der Waals surface area contributed by atoms with Gasteiger partial charge in [-0.3, -0.25) is 4.72 Å². The van der Waals surface area contributed by atoms with E-state index >= 15 is 0 Å². The fraction of sp³-hybridized carbons (Fsp3) is 0.304. The van der Waals surface area contributed by atoms with Crippen LogP contribution in [-0.4, -0.2) is 33.5 Å². The minimum Gasteiger partial charge on any atom is -0.485 e. The molecule has 0 unspecified atom stereocenters. The predicted octanol–water partition coefficient (Wildman–Crippen LogP) is 6.26. The molecular weight excluding hydrogens is 546 g/mol. The second kappa shape index (κ2) is 9.72. The van der Waals surface area contributed by atoms with E-state index in [1.807, 2.05) is 0 Å². The molecule has 14 heteroatoms. The summed E-state index contributed by atoms with van der Waals surface area (Å²) in [7, 11) is -4.19. The lowest BCUT2D eigenvalue weighted by atomic mass is 10.1. The molecule has 6 nitrogen and oxygen atoms in total. The molecule has 1 fully saturated rings. The molecule has 0 aliphatic carbocycles. The van der Waals surface area contributed by atoms with Crippen molar-refractivity contribution in [2.45, 2.75) is 35.7 Å². The highest BCUT2D eigenvalue weighted by atomic mass is 32.2. The molecule has 0 spiro atoms. The largest absolute Gasteiger partial charge is 0.573 e. The minimum absolute atomic E-state index is 0.124. The first-order valence-corrected chi connectivity index (χ1v) is 13.0. The van der Waals surface area contributed by atoms with Crippen LogP contribution in [0, 0.1) is 0 Å². The van der Waals surface area contributed by atoms with E-state index in [4.69, 9.17) is 4.74 Å². The van der Waals surface area contributed by atoms with Crippen molar-refractivity contribution in [2.75, 3.05) is 17.8 Å². The van der Waals surface area contributed by atoms with E-state index in [2.05, 4.69) is 14.8 Å². The summed E-state index contributed by atoms with van der Waals surface area (Å²) in [4.78, 5) is 0.442. The Hall–Kier alpha value is -2.97. The van der Waals surface area contributed by atoms with E-state index in [9.17, 15) is 34.8 Å². The van der Waals surface area contributed by atoms with E-state index in [1.54, 1.807) is 6.92 Å². The molecule has 2 aromatic carbocycles. The first-order valence-electron chi connectivity index (χ1n) is 10.7. The zero-order valence-electron chi connectivity index (χ0n) is 19.0. The van der Waals surface area contributed by atoms with Gasteiger partial charge in [0.2, 0.25) is 0 Å². The lowest BCUT2D eigenvalue weighted by Gasteiger charge is -2.27. The van der Waals surface area contributed by atoms with Gasteiger partial charge >= 0.3 is 12.5 Å². The Labute approximate surface area is 212 Å². The molecule has 1 aliphatic heterocycles. The molecule has 4 rings (SSSR count). The quantitative estimate of drug-likeness (QED) is 0.330. The molecule has 200 valence electrons. The van der Waals surface area contributed by atoms with Crippen LogP contribution in [0.5, 0.6) is 11.5 Å². The molecule has 1 aromatic heterocycles. The lowest BCUT2D eigenvalue weighted by Crippen LogP contribution is -2.35. The number of halogens is 6.